The van der Waals surface area contributed by atoms with E-state index >= 15 is 0 Å². The Hall–Kier alpha value is -0.220. The van der Waals surface area contributed by atoms with E-state index in [9.17, 15) is 4.79 Å². The van der Waals surface area contributed by atoms with Crippen molar-refractivity contribution < 1.29 is 9.90 Å². The largest absolute Gasteiger partial charge is 0.396 e. The van der Waals surface area contributed by atoms with Gasteiger partial charge >= 0.3 is 0 Å². The van der Waals surface area contributed by atoms with Gasteiger partial charge in [0.25, 0.3) is 0 Å². The summed E-state index contributed by atoms with van der Waals surface area (Å²) in [4.78, 5) is 11.9. The first kappa shape index (κ1) is 15.2. The standard InChI is InChI=1S/C15H27NO2S/c1-10(7-17)8-19-9-15(18)16-11(2)14-6-12-3-4-13(14)5-12/h10-14,17H,3-9H2,1-2H3,(H,16,18). The Morgan fingerprint density at radius 1 is 1.37 bits per heavy atom. The van der Waals surface area contributed by atoms with E-state index in [1.165, 1.54) is 25.7 Å². The van der Waals surface area contributed by atoms with Crippen LogP contribution in [0.4, 0.5) is 0 Å². The minimum atomic E-state index is 0.158. The number of fused-ring (bicyclic) bond motifs is 2. The molecule has 5 unspecified atom stereocenters. The molecule has 2 N–H and O–H groups in total. The van der Waals surface area contributed by atoms with Crippen LogP contribution in [0.15, 0.2) is 0 Å². The van der Waals surface area contributed by atoms with Crippen molar-refractivity contribution in [2.45, 2.75) is 45.6 Å². The first-order valence-corrected chi connectivity index (χ1v) is 8.73. The maximum atomic E-state index is 11.9. The number of aliphatic hydroxyl groups is 1. The molecule has 2 saturated carbocycles. The van der Waals surface area contributed by atoms with Crippen LogP contribution in [-0.2, 0) is 4.79 Å². The van der Waals surface area contributed by atoms with E-state index < -0.39 is 0 Å². The van der Waals surface area contributed by atoms with Gasteiger partial charge in [0.15, 0.2) is 0 Å². The van der Waals surface area contributed by atoms with Crippen LogP contribution in [0.3, 0.4) is 0 Å². The molecule has 2 aliphatic rings. The van der Waals surface area contributed by atoms with Crippen LogP contribution in [0.2, 0.25) is 0 Å². The van der Waals surface area contributed by atoms with Crippen LogP contribution in [0, 0.1) is 23.7 Å². The number of rotatable bonds is 7. The fourth-order valence-electron chi connectivity index (χ4n) is 3.71. The Labute approximate surface area is 120 Å². The van der Waals surface area contributed by atoms with Crippen molar-refractivity contribution in [3.63, 3.8) is 0 Å². The second-order valence-electron chi connectivity index (χ2n) is 6.50. The monoisotopic (exact) mass is 285 g/mol. The van der Waals surface area contributed by atoms with Gasteiger partial charge in [-0.1, -0.05) is 13.3 Å². The quantitative estimate of drug-likeness (QED) is 0.754. The Bertz CT molecular complexity index is 311. The average molecular weight is 285 g/mol. The Morgan fingerprint density at radius 3 is 2.74 bits per heavy atom. The van der Waals surface area contributed by atoms with Crippen molar-refractivity contribution in [1.82, 2.24) is 5.32 Å². The van der Waals surface area contributed by atoms with Crippen LogP contribution in [0.5, 0.6) is 0 Å². The molecule has 0 heterocycles. The first-order valence-electron chi connectivity index (χ1n) is 7.58. The summed E-state index contributed by atoms with van der Waals surface area (Å²) >= 11 is 1.62. The molecule has 2 rings (SSSR count). The van der Waals surface area contributed by atoms with Gasteiger partial charge in [-0.2, -0.15) is 11.8 Å². The lowest BCUT2D eigenvalue weighted by atomic mass is 9.84. The normalized spacial score (nSPS) is 32.3. The molecule has 1 amide bonds. The zero-order chi connectivity index (χ0) is 13.8. The van der Waals surface area contributed by atoms with Gasteiger partial charge in [0, 0.05) is 12.6 Å². The van der Waals surface area contributed by atoms with E-state index in [-0.39, 0.29) is 18.4 Å². The lowest BCUT2D eigenvalue weighted by Crippen LogP contribution is -2.41. The van der Waals surface area contributed by atoms with Gasteiger partial charge < -0.3 is 10.4 Å². The van der Waals surface area contributed by atoms with E-state index in [0.29, 0.717) is 17.7 Å². The third kappa shape index (κ3) is 4.12. The summed E-state index contributed by atoms with van der Waals surface area (Å²) in [5.74, 6) is 4.33. The Balaban J connectivity index is 1.65. The SMILES string of the molecule is CC(CO)CSCC(=O)NC(C)C1CC2CCC1C2. The van der Waals surface area contributed by atoms with Crippen molar-refractivity contribution in [3.05, 3.63) is 0 Å². The molecule has 5 atom stereocenters. The topological polar surface area (TPSA) is 49.3 Å². The molecule has 0 aromatic carbocycles. The number of hydrogen-bond donors (Lipinski definition) is 2. The number of hydrogen-bond acceptors (Lipinski definition) is 3. The maximum Gasteiger partial charge on any atom is 0.230 e. The summed E-state index contributed by atoms with van der Waals surface area (Å²) in [6, 6.07) is 0.332. The number of thioether (sulfide) groups is 1. The second kappa shape index (κ2) is 6.98. The Kier molecular flexibility index (Phi) is 5.58. The predicted octanol–water partition coefficient (Wildman–Crippen LogP) is 2.29. The van der Waals surface area contributed by atoms with Crippen molar-refractivity contribution in [3.8, 4) is 0 Å². The highest BCUT2D eigenvalue weighted by molar-refractivity contribution is 7.99. The van der Waals surface area contributed by atoms with Gasteiger partial charge in [-0.25, -0.2) is 0 Å². The van der Waals surface area contributed by atoms with E-state index in [2.05, 4.69) is 12.2 Å². The number of nitrogens with one attached hydrogen (secondary N) is 1. The van der Waals surface area contributed by atoms with E-state index in [1.54, 1.807) is 11.8 Å². The van der Waals surface area contributed by atoms with E-state index in [1.807, 2.05) is 6.92 Å². The number of aliphatic hydroxyl groups excluding tert-OH is 1. The number of carbonyl (C=O) groups excluding carboxylic acids is 1. The molecule has 4 heteroatoms. The molecule has 3 nitrogen and oxygen atoms in total. The third-order valence-electron chi connectivity index (χ3n) is 4.77. The maximum absolute atomic E-state index is 11.9. The summed E-state index contributed by atoms with van der Waals surface area (Å²) in [7, 11) is 0. The lowest BCUT2D eigenvalue weighted by molar-refractivity contribution is -0.119. The Morgan fingerprint density at radius 2 is 2.16 bits per heavy atom. The van der Waals surface area contributed by atoms with Crippen LogP contribution in [0.1, 0.15) is 39.5 Å². The van der Waals surface area contributed by atoms with Gasteiger partial charge in [-0.3, -0.25) is 4.79 Å². The van der Waals surface area contributed by atoms with E-state index in [4.69, 9.17) is 5.11 Å². The van der Waals surface area contributed by atoms with Gasteiger partial charge in [0.1, 0.15) is 0 Å². The zero-order valence-electron chi connectivity index (χ0n) is 12.1. The fraction of sp³-hybridized carbons (Fsp3) is 0.933. The molecule has 19 heavy (non-hydrogen) atoms. The van der Waals surface area contributed by atoms with Crippen molar-refractivity contribution in [2.75, 3.05) is 18.1 Å². The summed E-state index contributed by atoms with van der Waals surface area (Å²) in [6.45, 7) is 4.38. The number of amides is 1. The summed E-state index contributed by atoms with van der Waals surface area (Å²) < 4.78 is 0. The molecular formula is C15H27NO2S. The average Bonchev–Trinajstić information content (AvgIpc) is 3.00. The molecular weight excluding hydrogens is 258 g/mol. The van der Waals surface area contributed by atoms with Crippen LogP contribution in [0.25, 0.3) is 0 Å². The van der Waals surface area contributed by atoms with Crippen molar-refractivity contribution in [1.29, 1.82) is 0 Å². The van der Waals surface area contributed by atoms with Crippen LogP contribution in [-0.4, -0.2) is 35.2 Å². The highest BCUT2D eigenvalue weighted by atomic mass is 32.2. The molecule has 0 radical (unpaired) electrons. The molecule has 110 valence electrons. The highest BCUT2D eigenvalue weighted by Gasteiger charge is 2.42. The lowest BCUT2D eigenvalue weighted by Gasteiger charge is -2.28. The van der Waals surface area contributed by atoms with Crippen molar-refractivity contribution >= 4 is 17.7 Å². The summed E-state index contributed by atoms with van der Waals surface area (Å²) in [6.07, 6.45) is 5.50. The molecule has 2 bridgehead atoms. The molecule has 0 aromatic rings. The smallest absolute Gasteiger partial charge is 0.230 e. The van der Waals surface area contributed by atoms with Gasteiger partial charge in [-0.05, 0) is 55.6 Å². The minimum Gasteiger partial charge on any atom is -0.396 e. The zero-order valence-corrected chi connectivity index (χ0v) is 12.9. The van der Waals surface area contributed by atoms with Crippen LogP contribution >= 0.6 is 11.8 Å². The fourth-order valence-corrected chi connectivity index (χ4v) is 4.61. The van der Waals surface area contributed by atoms with Gasteiger partial charge in [-0.15, -0.1) is 0 Å². The first-order chi connectivity index (χ1) is 9.10. The number of carbonyl (C=O) groups is 1. The highest BCUT2D eigenvalue weighted by Crippen LogP contribution is 2.49. The minimum absolute atomic E-state index is 0.158. The van der Waals surface area contributed by atoms with Gasteiger partial charge in [0.05, 0.1) is 5.75 Å². The summed E-state index contributed by atoms with van der Waals surface area (Å²) in [5, 5.41) is 12.1. The molecule has 2 aliphatic carbocycles. The second-order valence-corrected chi connectivity index (χ2v) is 7.53. The van der Waals surface area contributed by atoms with E-state index in [0.717, 1.165) is 17.6 Å². The molecule has 0 spiro atoms. The molecule has 0 aromatic heterocycles. The molecule has 0 aliphatic heterocycles. The van der Waals surface area contributed by atoms with Crippen molar-refractivity contribution in [2.24, 2.45) is 23.7 Å². The van der Waals surface area contributed by atoms with Crippen LogP contribution < -0.4 is 5.32 Å². The predicted molar refractivity (Wildman–Crippen MR) is 80.1 cm³/mol. The third-order valence-corrected chi connectivity index (χ3v) is 6.04. The van der Waals surface area contributed by atoms with Gasteiger partial charge in [0.2, 0.25) is 5.91 Å². The molecule has 0 saturated heterocycles. The molecule has 2 fully saturated rings. The summed E-state index contributed by atoms with van der Waals surface area (Å²) in [5.41, 5.74) is 0.